The molecule has 1 saturated carbocycles. The summed E-state index contributed by atoms with van der Waals surface area (Å²) in [4.78, 5) is 0. The molecule has 1 aliphatic rings. The molecule has 0 heterocycles. The molecule has 0 bridgehead atoms. The molecule has 2 N–H and O–H groups in total. The van der Waals surface area contributed by atoms with Crippen molar-refractivity contribution in [2.45, 2.75) is 38.6 Å². The van der Waals surface area contributed by atoms with Gasteiger partial charge in [0.25, 0.3) is 0 Å². The number of rotatable bonds is 2. The van der Waals surface area contributed by atoms with E-state index in [2.05, 4.69) is 17.6 Å². The summed E-state index contributed by atoms with van der Waals surface area (Å²) >= 11 is 5.07. The summed E-state index contributed by atoms with van der Waals surface area (Å²) in [5, 5.41) is 7.21. The van der Waals surface area contributed by atoms with Crippen molar-refractivity contribution in [1.82, 2.24) is 10.6 Å². The maximum Gasteiger partial charge on any atom is 0.166 e. The van der Waals surface area contributed by atoms with Gasteiger partial charge in [-0.15, -0.1) is 0 Å². The van der Waals surface area contributed by atoms with Crippen molar-refractivity contribution >= 4 is 17.3 Å². The fraction of sp³-hybridized carbons (Fsp3) is 0.875. The third-order valence-electron chi connectivity index (χ3n) is 2.03. The Balaban J connectivity index is 2.13. The Hall–Kier alpha value is -0.310. The van der Waals surface area contributed by atoms with Crippen LogP contribution in [-0.4, -0.2) is 17.7 Å². The molecule has 2 nitrogen and oxygen atoms in total. The van der Waals surface area contributed by atoms with Gasteiger partial charge in [-0.1, -0.05) is 12.8 Å². The minimum atomic E-state index is 0.640. The lowest BCUT2D eigenvalue weighted by atomic mass is 10.3. The summed E-state index contributed by atoms with van der Waals surface area (Å²) in [6.07, 6.45) is 5.27. The normalized spacial score (nSPS) is 18.3. The highest BCUT2D eigenvalue weighted by Gasteiger charge is 2.14. The molecule has 0 aromatic rings. The third kappa shape index (κ3) is 3.06. The van der Waals surface area contributed by atoms with Gasteiger partial charge in [-0.25, -0.2) is 0 Å². The molecule has 0 atom stereocenters. The van der Waals surface area contributed by atoms with Crippen molar-refractivity contribution in [1.29, 1.82) is 0 Å². The number of thiocarbonyl (C=S) groups is 1. The molecule has 1 fully saturated rings. The van der Waals surface area contributed by atoms with Gasteiger partial charge in [-0.3, -0.25) is 0 Å². The zero-order chi connectivity index (χ0) is 8.10. The molecule has 3 heteroatoms. The second-order valence-corrected chi connectivity index (χ2v) is 3.39. The Morgan fingerprint density at radius 3 is 2.64 bits per heavy atom. The van der Waals surface area contributed by atoms with Crippen LogP contribution < -0.4 is 10.6 Å². The van der Waals surface area contributed by atoms with Crippen LogP contribution in [0.1, 0.15) is 32.6 Å². The van der Waals surface area contributed by atoms with Crippen molar-refractivity contribution in [3.63, 3.8) is 0 Å². The van der Waals surface area contributed by atoms with Gasteiger partial charge in [0.05, 0.1) is 0 Å². The van der Waals surface area contributed by atoms with Gasteiger partial charge in [-0.05, 0) is 32.0 Å². The van der Waals surface area contributed by atoms with Gasteiger partial charge in [0.15, 0.2) is 5.11 Å². The second-order valence-electron chi connectivity index (χ2n) is 2.99. The summed E-state index contributed by atoms with van der Waals surface area (Å²) in [6.45, 7) is 2.97. The van der Waals surface area contributed by atoms with E-state index in [1.807, 2.05) is 0 Å². The zero-order valence-corrected chi connectivity index (χ0v) is 7.84. The van der Waals surface area contributed by atoms with Crippen molar-refractivity contribution < 1.29 is 0 Å². The van der Waals surface area contributed by atoms with Gasteiger partial charge in [0, 0.05) is 12.6 Å². The van der Waals surface area contributed by atoms with Crippen LogP contribution in [0.15, 0.2) is 0 Å². The molecular weight excluding hydrogens is 156 g/mol. The largest absolute Gasteiger partial charge is 0.363 e. The minimum Gasteiger partial charge on any atom is -0.363 e. The van der Waals surface area contributed by atoms with E-state index >= 15 is 0 Å². The number of hydrogen-bond acceptors (Lipinski definition) is 1. The molecule has 0 spiro atoms. The van der Waals surface area contributed by atoms with Crippen molar-refractivity contribution in [3.05, 3.63) is 0 Å². The van der Waals surface area contributed by atoms with E-state index in [9.17, 15) is 0 Å². The van der Waals surface area contributed by atoms with Crippen LogP contribution in [0.2, 0.25) is 0 Å². The van der Waals surface area contributed by atoms with Crippen LogP contribution >= 0.6 is 12.2 Å². The van der Waals surface area contributed by atoms with E-state index in [1.54, 1.807) is 0 Å². The molecule has 1 aliphatic carbocycles. The lowest BCUT2D eigenvalue weighted by molar-refractivity contribution is 0.623. The van der Waals surface area contributed by atoms with Gasteiger partial charge < -0.3 is 10.6 Å². The van der Waals surface area contributed by atoms with E-state index in [4.69, 9.17) is 12.2 Å². The Bertz CT molecular complexity index is 130. The average molecular weight is 172 g/mol. The third-order valence-corrected chi connectivity index (χ3v) is 2.29. The van der Waals surface area contributed by atoms with Crippen LogP contribution in [0.3, 0.4) is 0 Å². The highest BCUT2D eigenvalue weighted by atomic mass is 32.1. The molecule has 0 saturated heterocycles. The van der Waals surface area contributed by atoms with Gasteiger partial charge in [0.1, 0.15) is 0 Å². The predicted molar refractivity (Wildman–Crippen MR) is 51.7 cm³/mol. The zero-order valence-electron chi connectivity index (χ0n) is 7.02. The number of nitrogens with one attached hydrogen (secondary N) is 2. The first-order chi connectivity index (χ1) is 5.33. The van der Waals surface area contributed by atoms with Crippen molar-refractivity contribution in [2.24, 2.45) is 0 Å². The maximum atomic E-state index is 5.07. The van der Waals surface area contributed by atoms with Crippen LogP contribution in [0, 0.1) is 0 Å². The lowest BCUT2D eigenvalue weighted by Crippen LogP contribution is -2.40. The Kier molecular flexibility index (Phi) is 3.63. The van der Waals surface area contributed by atoms with Crippen LogP contribution in [0.25, 0.3) is 0 Å². The topological polar surface area (TPSA) is 24.1 Å². The van der Waals surface area contributed by atoms with Crippen molar-refractivity contribution in [3.8, 4) is 0 Å². The summed E-state index contributed by atoms with van der Waals surface area (Å²) in [7, 11) is 0. The summed E-state index contributed by atoms with van der Waals surface area (Å²) in [5.41, 5.74) is 0. The lowest BCUT2D eigenvalue weighted by Gasteiger charge is -2.14. The predicted octanol–water partition coefficient (Wildman–Crippen LogP) is 1.41. The molecule has 0 aliphatic heterocycles. The number of hydrogen-bond donors (Lipinski definition) is 2. The quantitative estimate of drug-likeness (QED) is 0.616. The van der Waals surface area contributed by atoms with E-state index in [-0.39, 0.29) is 0 Å². The Morgan fingerprint density at radius 2 is 2.09 bits per heavy atom. The summed E-state index contributed by atoms with van der Waals surface area (Å²) < 4.78 is 0. The first-order valence-corrected chi connectivity index (χ1v) is 4.78. The molecule has 0 aromatic heterocycles. The fourth-order valence-electron chi connectivity index (χ4n) is 1.47. The monoisotopic (exact) mass is 172 g/mol. The van der Waals surface area contributed by atoms with E-state index < -0.39 is 0 Å². The molecule has 0 unspecified atom stereocenters. The van der Waals surface area contributed by atoms with E-state index in [0.717, 1.165) is 11.7 Å². The molecular formula is C8H16N2S. The summed E-state index contributed by atoms with van der Waals surface area (Å²) in [6, 6.07) is 0.640. The minimum absolute atomic E-state index is 0.640. The summed E-state index contributed by atoms with van der Waals surface area (Å²) in [5.74, 6) is 0. The average Bonchev–Trinajstić information content (AvgIpc) is 2.40. The van der Waals surface area contributed by atoms with Gasteiger partial charge >= 0.3 is 0 Å². The highest BCUT2D eigenvalue weighted by molar-refractivity contribution is 7.80. The van der Waals surface area contributed by atoms with Gasteiger partial charge in [-0.2, -0.15) is 0 Å². The molecule has 64 valence electrons. The molecule has 0 amide bonds. The first-order valence-electron chi connectivity index (χ1n) is 4.37. The molecule has 1 rings (SSSR count). The van der Waals surface area contributed by atoms with Crippen LogP contribution in [-0.2, 0) is 0 Å². The van der Waals surface area contributed by atoms with Crippen LogP contribution in [0.4, 0.5) is 0 Å². The molecule has 0 radical (unpaired) electrons. The first kappa shape index (κ1) is 8.78. The van der Waals surface area contributed by atoms with Crippen LogP contribution in [0.5, 0.6) is 0 Å². The molecule has 0 aromatic carbocycles. The van der Waals surface area contributed by atoms with Crippen molar-refractivity contribution in [2.75, 3.05) is 6.54 Å². The highest BCUT2D eigenvalue weighted by Crippen LogP contribution is 2.17. The van der Waals surface area contributed by atoms with E-state index in [1.165, 1.54) is 25.7 Å². The van der Waals surface area contributed by atoms with E-state index in [0.29, 0.717) is 6.04 Å². The maximum absolute atomic E-state index is 5.07. The second kappa shape index (κ2) is 4.54. The Morgan fingerprint density at radius 1 is 1.45 bits per heavy atom. The SMILES string of the molecule is CCNC(=S)NC1CCCC1. The standard InChI is InChI=1S/C8H16N2S/c1-2-9-8(11)10-7-5-3-4-6-7/h7H,2-6H2,1H3,(H2,9,10,11). The fourth-order valence-corrected chi connectivity index (χ4v) is 1.78. The smallest absolute Gasteiger partial charge is 0.166 e. The molecule has 11 heavy (non-hydrogen) atoms. The Labute approximate surface area is 73.7 Å². The van der Waals surface area contributed by atoms with Gasteiger partial charge in [0.2, 0.25) is 0 Å².